The molecule has 0 unspecified atom stereocenters. The Labute approximate surface area is 573 Å². The van der Waals surface area contributed by atoms with Crippen molar-refractivity contribution in [2.24, 2.45) is 0 Å². The molecule has 2 aromatic heterocycles. The molecule has 2 aliphatic rings. The Balaban J connectivity index is 1.15. The maximum atomic E-state index is 7.84. The fourth-order valence-corrected chi connectivity index (χ4v) is 15.4. The fourth-order valence-electron chi connectivity index (χ4n) is 15.4. The first kappa shape index (κ1) is 61.8. The normalized spacial score (nSPS) is 13.5. The molecule has 4 heterocycles. The van der Waals surface area contributed by atoms with Gasteiger partial charge in [0.25, 0.3) is 6.71 Å². The molecule has 2 aliphatic heterocycles. The number of hydrogen-bond donors (Lipinski definition) is 0. The summed E-state index contributed by atoms with van der Waals surface area (Å²) in [6, 6.07) is 91.7. The SMILES string of the molecule is CC(C)(C)c1ccc(-c2cc3c4c(c2)N(c2ccccc2-c2ccccc2)c2cc(-c5cc(C(C)(C)C)cc(C(C)(C)C)c5)c5c(oc6ccccc65)c2B4c2c(cc(-c4cc(C(C)(C)C)cc(C(C)(C)C)c4)c4c2oc2ccccc24)N3c2ccccc2-c2ccccc2)cc1. The summed E-state index contributed by atoms with van der Waals surface area (Å²) in [5.74, 6) is 0. The highest BCUT2D eigenvalue weighted by Crippen LogP contribution is 2.55. The summed E-state index contributed by atoms with van der Waals surface area (Å²) in [5, 5.41) is 4.36. The number of anilines is 6. The third-order valence-corrected chi connectivity index (χ3v) is 20.8. The van der Waals surface area contributed by atoms with Crippen molar-refractivity contribution in [2.75, 3.05) is 9.80 Å². The number of para-hydroxylation sites is 4. The van der Waals surface area contributed by atoms with Gasteiger partial charge in [-0.2, -0.15) is 0 Å². The molecule has 478 valence electrons. The largest absolute Gasteiger partial charge is 0.456 e. The molecule has 0 saturated heterocycles. The van der Waals surface area contributed by atoms with Crippen LogP contribution in [0.5, 0.6) is 0 Å². The molecule has 0 atom stereocenters. The first-order valence-corrected chi connectivity index (χ1v) is 34.7. The van der Waals surface area contributed by atoms with E-state index in [1.807, 2.05) is 0 Å². The summed E-state index contributed by atoms with van der Waals surface area (Å²) in [5.41, 5.74) is 30.3. The second-order valence-electron chi connectivity index (χ2n) is 32.5. The maximum Gasteiger partial charge on any atom is 0.261 e. The number of hydrogen-bond acceptors (Lipinski definition) is 4. The van der Waals surface area contributed by atoms with Crippen LogP contribution in [0.1, 0.15) is 132 Å². The minimum atomic E-state index is -0.445. The van der Waals surface area contributed by atoms with E-state index in [1.54, 1.807) is 0 Å². The predicted molar refractivity (Wildman–Crippen MR) is 416 cm³/mol. The van der Waals surface area contributed by atoms with E-state index in [0.717, 1.165) is 145 Å². The van der Waals surface area contributed by atoms with Gasteiger partial charge in [0.2, 0.25) is 0 Å². The molecule has 0 radical (unpaired) electrons. The number of benzene rings is 12. The van der Waals surface area contributed by atoms with E-state index >= 15 is 0 Å². The topological polar surface area (TPSA) is 32.8 Å². The molecule has 14 aromatic rings. The Kier molecular flexibility index (Phi) is 14.2. The third kappa shape index (κ3) is 10.3. The van der Waals surface area contributed by atoms with E-state index in [0.29, 0.717) is 0 Å². The van der Waals surface area contributed by atoms with Crippen LogP contribution in [0.4, 0.5) is 34.1 Å². The van der Waals surface area contributed by atoms with E-state index in [4.69, 9.17) is 8.83 Å². The fraction of sp³-hybridized carbons (Fsp3) is 0.217. The standard InChI is InChI=1S/C92H85BN2O2/c1-88(2,3)62-44-42-56(43-45-62)59-50-75-83-76(51-59)95(74-39-27-23-35-68(74)58-32-20-17-21-33-58)78-55-72(61-48-65(91(10,11)12)53-66(49-61)92(13,14)15)82-70-37-25-29-41-80(70)97-87(82)85(78)93(83)84-77(94(75)73-38-26-22-34-67(73)57-30-18-16-19-31-57)54-71(81-69-36-24-28-40-79(69)96-86(81)84)60-46-63(89(4,5)6)52-64(47-60)90(7,8)9/h16-55H,1-15H3. The summed E-state index contributed by atoms with van der Waals surface area (Å²) in [6.07, 6.45) is 0. The third-order valence-electron chi connectivity index (χ3n) is 20.8. The van der Waals surface area contributed by atoms with Crippen LogP contribution in [0.2, 0.25) is 0 Å². The summed E-state index contributed by atoms with van der Waals surface area (Å²) < 4.78 is 15.7. The average molecular weight is 1260 g/mol. The van der Waals surface area contributed by atoms with Crippen molar-refractivity contribution in [1.29, 1.82) is 0 Å². The molecule has 97 heavy (non-hydrogen) atoms. The van der Waals surface area contributed by atoms with Gasteiger partial charge in [-0.15, -0.1) is 0 Å². The molecule has 5 heteroatoms. The molecule has 0 fully saturated rings. The van der Waals surface area contributed by atoms with Crippen LogP contribution in [0.3, 0.4) is 0 Å². The van der Waals surface area contributed by atoms with Crippen LogP contribution in [0.15, 0.2) is 251 Å². The molecular weight excluding hydrogens is 1180 g/mol. The smallest absolute Gasteiger partial charge is 0.261 e. The lowest BCUT2D eigenvalue weighted by Gasteiger charge is -2.45. The Bertz CT molecular complexity index is 5100. The summed E-state index contributed by atoms with van der Waals surface area (Å²) in [7, 11) is 0. The number of furan rings is 2. The van der Waals surface area contributed by atoms with Gasteiger partial charge in [-0.1, -0.05) is 298 Å². The highest BCUT2D eigenvalue weighted by molar-refractivity contribution is 7.03. The zero-order valence-corrected chi connectivity index (χ0v) is 58.9. The van der Waals surface area contributed by atoms with Gasteiger partial charge in [0.1, 0.15) is 22.3 Å². The number of fused-ring (bicyclic) bond motifs is 12. The van der Waals surface area contributed by atoms with E-state index in [9.17, 15) is 0 Å². The van der Waals surface area contributed by atoms with E-state index < -0.39 is 6.71 Å². The Morgan fingerprint density at radius 1 is 0.247 bits per heavy atom. The van der Waals surface area contributed by atoms with Gasteiger partial charge in [-0.3, -0.25) is 0 Å². The zero-order chi connectivity index (χ0) is 67.4. The van der Waals surface area contributed by atoms with Crippen molar-refractivity contribution in [3.05, 3.63) is 270 Å². The van der Waals surface area contributed by atoms with Crippen LogP contribution in [-0.4, -0.2) is 6.71 Å². The molecule has 0 bridgehead atoms. The molecule has 0 aliphatic carbocycles. The highest BCUT2D eigenvalue weighted by Gasteiger charge is 2.49. The molecule has 0 amide bonds. The lowest BCUT2D eigenvalue weighted by atomic mass is 9.33. The first-order valence-electron chi connectivity index (χ1n) is 34.7. The highest BCUT2D eigenvalue weighted by atomic mass is 16.3. The Hall–Kier alpha value is -10.1. The van der Waals surface area contributed by atoms with Crippen molar-refractivity contribution >= 4 is 101 Å². The van der Waals surface area contributed by atoms with Crippen molar-refractivity contribution in [3.63, 3.8) is 0 Å². The molecule has 0 N–H and O–H groups in total. The lowest BCUT2D eigenvalue weighted by Crippen LogP contribution is -2.61. The average Bonchev–Trinajstić information content (AvgIpc) is 1.66. The zero-order valence-electron chi connectivity index (χ0n) is 58.9. The summed E-state index contributed by atoms with van der Waals surface area (Å²) >= 11 is 0. The lowest BCUT2D eigenvalue weighted by molar-refractivity contribution is 0.568. The van der Waals surface area contributed by atoms with Crippen molar-refractivity contribution in [1.82, 2.24) is 0 Å². The minimum absolute atomic E-state index is 0.0452. The van der Waals surface area contributed by atoms with Crippen molar-refractivity contribution in [3.8, 4) is 55.6 Å². The van der Waals surface area contributed by atoms with Gasteiger partial charge in [0.15, 0.2) is 0 Å². The van der Waals surface area contributed by atoms with Crippen LogP contribution in [-0.2, 0) is 27.1 Å². The van der Waals surface area contributed by atoms with E-state index in [2.05, 4.69) is 356 Å². The van der Waals surface area contributed by atoms with Gasteiger partial charge in [0.05, 0.1) is 11.4 Å². The van der Waals surface area contributed by atoms with Crippen LogP contribution < -0.4 is 26.2 Å². The Morgan fingerprint density at radius 3 is 0.969 bits per heavy atom. The second kappa shape index (κ2) is 22.2. The van der Waals surface area contributed by atoms with Crippen LogP contribution in [0, 0.1) is 0 Å². The molecule has 12 aromatic carbocycles. The Morgan fingerprint density at radius 2 is 0.588 bits per heavy atom. The monoisotopic (exact) mass is 1260 g/mol. The van der Waals surface area contributed by atoms with Gasteiger partial charge < -0.3 is 18.6 Å². The number of nitrogens with zero attached hydrogens (tertiary/aromatic N) is 2. The van der Waals surface area contributed by atoms with Crippen LogP contribution >= 0.6 is 0 Å². The van der Waals surface area contributed by atoms with E-state index in [-0.39, 0.29) is 27.1 Å². The van der Waals surface area contributed by atoms with Gasteiger partial charge in [-0.05, 0) is 164 Å². The molecule has 0 saturated carbocycles. The molecule has 16 rings (SSSR count). The minimum Gasteiger partial charge on any atom is -0.456 e. The summed E-state index contributed by atoms with van der Waals surface area (Å²) in [4.78, 5) is 5.24. The maximum absolute atomic E-state index is 7.84. The molecule has 0 spiro atoms. The quantitative estimate of drug-likeness (QED) is 0.149. The van der Waals surface area contributed by atoms with Crippen molar-refractivity contribution in [2.45, 2.75) is 131 Å². The van der Waals surface area contributed by atoms with Gasteiger partial charge in [-0.25, -0.2) is 0 Å². The number of rotatable bonds is 7. The summed E-state index contributed by atoms with van der Waals surface area (Å²) in [6.45, 7) is 34.6. The molecular formula is C92H85BN2O2. The van der Waals surface area contributed by atoms with Crippen molar-refractivity contribution < 1.29 is 8.83 Å². The predicted octanol–water partition coefficient (Wildman–Crippen LogP) is 24.4. The van der Waals surface area contributed by atoms with Crippen LogP contribution in [0.25, 0.3) is 99.5 Å². The molecule has 4 nitrogen and oxygen atoms in total. The second-order valence-corrected chi connectivity index (χ2v) is 32.5. The van der Waals surface area contributed by atoms with Gasteiger partial charge >= 0.3 is 0 Å². The van der Waals surface area contributed by atoms with E-state index in [1.165, 1.54) is 33.3 Å². The first-order chi connectivity index (χ1) is 46.3. The van der Waals surface area contributed by atoms with Gasteiger partial charge in [0, 0.05) is 55.4 Å².